The van der Waals surface area contributed by atoms with E-state index < -0.39 is 8.32 Å². The Morgan fingerprint density at radius 2 is 1.37 bits per heavy atom. The van der Waals surface area contributed by atoms with Crippen LogP contribution in [0.3, 0.4) is 0 Å². The summed E-state index contributed by atoms with van der Waals surface area (Å²) >= 11 is 0. The Hall–Kier alpha value is -2.10. The van der Waals surface area contributed by atoms with E-state index in [4.69, 9.17) is 8.84 Å². The SMILES string of the molecule is CC(C)(C)[Si](OCCCCc1ccco1)(c1ccccc1)c1ccccc1. The van der Waals surface area contributed by atoms with E-state index in [1.54, 1.807) is 6.26 Å². The molecule has 0 bridgehead atoms. The summed E-state index contributed by atoms with van der Waals surface area (Å²) in [5.74, 6) is 1.06. The summed E-state index contributed by atoms with van der Waals surface area (Å²) in [6.45, 7) is 7.74. The van der Waals surface area contributed by atoms with Crippen LogP contribution in [0.5, 0.6) is 0 Å². The van der Waals surface area contributed by atoms with Crippen LogP contribution >= 0.6 is 0 Å². The molecule has 27 heavy (non-hydrogen) atoms. The van der Waals surface area contributed by atoms with Gasteiger partial charge in [0.1, 0.15) is 5.76 Å². The normalized spacial score (nSPS) is 12.3. The van der Waals surface area contributed by atoms with Crippen LogP contribution in [0.25, 0.3) is 0 Å². The van der Waals surface area contributed by atoms with E-state index in [9.17, 15) is 0 Å². The second-order valence-corrected chi connectivity index (χ2v) is 12.4. The van der Waals surface area contributed by atoms with Gasteiger partial charge < -0.3 is 8.84 Å². The van der Waals surface area contributed by atoms with Gasteiger partial charge in [0, 0.05) is 13.0 Å². The monoisotopic (exact) mass is 378 g/mol. The van der Waals surface area contributed by atoms with Crippen molar-refractivity contribution < 1.29 is 8.84 Å². The summed E-state index contributed by atoms with van der Waals surface area (Å²) in [7, 11) is -2.39. The molecule has 1 aromatic heterocycles. The van der Waals surface area contributed by atoms with Gasteiger partial charge in [-0.15, -0.1) is 0 Å². The number of hydrogen-bond acceptors (Lipinski definition) is 2. The van der Waals surface area contributed by atoms with E-state index in [0.717, 1.165) is 31.6 Å². The Bertz CT molecular complexity index is 750. The number of furan rings is 1. The van der Waals surface area contributed by atoms with Gasteiger partial charge in [-0.3, -0.25) is 0 Å². The number of unbranched alkanes of at least 4 members (excludes halogenated alkanes) is 1. The third-order valence-corrected chi connectivity index (χ3v) is 10.2. The highest BCUT2D eigenvalue weighted by Crippen LogP contribution is 2.36. The number of benzene rings is 2. The maximum atomic E-state index is 6.89. The van der Waals surface area contributed by atoms with Gasteiger partial charge in [-0.2, -0.15) is 0 Å². The first-order valence-corrected chi connectivity index (χ1v) is 11.7. The molecule has 3 heteroatoms. The molecule has 0 fully saturated rings. The molecule has 0 aliphatic rings. The largest absolute Gasteiger partial charge is 0.469 e. The van der Waals surface area contributed by atoms with Crippen LogP contribution in [0.1, 0.15) is 39.4 Å². The molecule has 0 amide bonds. The second-order valence-electron chi connectivity index (χ2n) is 8.05. The lowest BCUT2D eigenvalue weighted by Crippen LogP contribution is -2.66. The van der Waals surface area contributed by atoms with Crippen LogP contribution in [0, 0.1) is 0 Å². The minimum Gasteiger partial charge on any atom is -0.469 e. The molecule has 0 atom stereocenters. The van der Waals surface area contributed by atoms with Gasteiger partial charge in [0.25, 0.3) is 8.32 Å². The number of aryl methyl sites for hydroxylation is 1. The molecule has 2 nitrogen and oxygen atoms in total. The summed E-state index contributed by atoms with van der Waals surface area (Å²) in [5.41, 5.74) is 0. The lowest BCUT2D eigenvalue weighted by atomic mass is 10.2. The Balaban J connectivity index is 1.83. The molecule has 3 rings (SSSR count). The first-order chi connectivity index (χ1) is 13.0. The van der Waals surface area contributed by atoms with E-state index in [1.807, 2.05) is 12.1 Å². The summed E-state index contributed by atoms with van der Waals surface area (Å²) < 4.78 is 12.3. The average molecular weight is 379 g/mol. The molecule has 0 saturated carbocycles. The van der Waals surface area contributed by atoms with E-state index in [-0.39, 0.29) is 5.04 Å². The smallest absolute Gasteiger partial charge is 0.261 e. The maximum absolute atomic E-state index is 6.89. The Morgan fingerprint density at radius 3 is 1.85 bits per heavy atom. The molecule has 142 valence electrons. The summed E-state index contributed by atoms with van der Waals surface area (Å²) in [6.07, 6.45) is 4.82. The van der Waals surface area contributed by atoms with Gasteiger partial charge in [-0.05, 0) is 40.4 Å². The summed E-state index contributed by atoms with van der Waals surface area (Å²) in [5, 5.41) is 2.72. The van der Waals surface area contributed by atoms with Gasteiger partial charge in [0.15, 0.2) is 0 Å². The van der Waals surface area contributed by atoms with Gasteiger partial charge in [0.2, 0.25) is 0 Å². The highest BCUT2D eigenvalue weighted by atomic mass is 28.4. The fourth-order valence-electron chi connectivity index (χ4n) is 3.84. The zero-order valence-corrected chi connectivity index (χ0v) is 17.7. The Morgan fingerprint density at radius 1 is 0.778 bits per heavy atom. The molecule has 0 aliphatic heterocycles. The molecule has 0 saturated heterocycles. The highest BCUT2D eigenvalue weighted by Gasteiger charge is 2.49. The Labute approximate surface area is 164 Å². The van der Waals surface area contributed by atoms with Crippen LogP contribution in [-0.4, -0.2) is 14.9 Å². The lowest BCUT2D eigenvalue weighted by molar-refractivity contribution is 0.287. The van der Waals surface area contributed by atoms with Crippen molar-refractivity contribution in [3.8, 4) is 0 Å². The fraction of sp³-hybridized carbons (Fsp3) is 0.333. The molecular formula is C24H30O2Si. The molecule has 0 spiro atoms. The third-order valence-electron chi connectivity index (χ3n) is 5.13. The van der Waals surface area contributed by atoms with Crippen LogP contribution in [0.15, 0.2) is 83.5 Å². The van der Waals surface area contributed by atoms with Crippen molar-refractivity contribution in [3.63, 3.8) is 0 Å². The van der Waals surface area contributed by atoms with Crippen LogP contribution in [0.4, 0.5) is 0 Å². The minimum absolute atomic E-state index is 0.0384. The molecule has 0 radical (unpaired) electrons. The van der Waals surface area contributed by atoms with Crippen molar-refractivity contribution in [1.29, 1.82) is 0 Å². The molecule has 2 aromatic carbocycles. The van der Waals surface area contributed by atoms with E-state index in [1.165, 1.54) is 10.4 Å². The Kier molecular flexibility index (Phi) is 6.35. The van der Waals surface area contributed by atoms with Crippen molar-refractivity contribution in [3.05, 3.63) is 84.8 Å². The van der Waals surface area contributed by atoms with E-state index >= 15 is 0 Å². The summed E-state index contributed by atoms with van der Waals surface area (Å²) in [6, 6.07) is 25.7. The number of rotatable bonds is 8. The predicted molar refractivity (Wildman–Crippen MR) is 115 cm³/mol. The van der Waals surface area contributed by atoms with Gasteiger partial charge >= 0.3 is 0 Å². The standard InChI is InChI=1S/C24H30O2Si/c1-24(2,3)27(22-15-6-4-7-16-22,23-17-8-5-9-18-23)26-20-11-10-13-21-14-12-19-25-21/h4-9,12,14-19H,10-11,13,20H2,1-3H3. The van der Waals surface area contributed by atoms with Crippen molar-refractivity contribution in [1.82, 2.24) is 0 Å². The molecule has 0 N–H and O–H groups in total. The molecule has 3 aromatic rings. The van der Waals surface area contributed by atoms with Gasteiger partial charge in [0.05, 0.1) is 6.26 Å². The highest BCUT2D eigenvalue weighted by molar-refractivity contribution is 6.99. The maximum Gasteiger partial charge on any atom is 0.261 e. The zero-order valence-electron chi connectivity index (χ0n) is 16.7. The third kappa shape index (κ3) is 4.42. The van der Waals surface area contributed by atoms with Crippen LogP contribution in [-0.2, 0) is 10.8 Å². The second kappa shape index (κ2) is 8.72. The molecule has 0 aliphatic carbocycles. The molecule has 0 unspecified atom stereocenters. The topological polar surface area (TPSA) is 22.4 Å². The van der Waals surface area contributed by atoms with Crippen LogP contribution in [0.2, 0.25) is 5.04 Å². The van der Waals surface area contributed by atoms with E-state index in [0.29, 0.717) is 0 Å². The van der Waals surface area contributed by atoms with Gasteiger partial charge in [-0.1, -0.05) is 81.4 Å². The van der Waals surface area contributed by atoms with Crippen LogP contribution < -0.4 is 10.4 Å². The minimum atomic E-state index is -2.39. The van der Waals surface area contributed by atoms with Crippen molar-refractivity contribution >= 4 is 18.7 Å². The first-order valence-electron chi connectivity index (χ1n) is 9.81. The lowest BCUT2D eigenvalue weighted by Gasteiger charge is -2.43. The molecular weight excluding hydrogens is 348 g/mol. The average Bonchev–Trinajstić information content (AvgIpc) is 3.19. The quantitative estimate of drug-likeness (QED) is 0.398. The zero-order chi connectivity index (χ0) is 19.2. The van der Waals surface area contributed by atoms with Crippen molar-refractivity contribution in [2.24, 2.45) is 0 Å². The molecule has 1 heterocycles. The number of hydrogen-bond donors (Lipinski definition) is 0. The van der Waals surface area contributed by atoms with Gasteiger partial charge in [-0.25, -0.2) is 0 Å². The first kappa shape index (κ1) is 19.7. The summed E-state index contributed by atoms with van der Waals surface area (Å²) in [4.78, 5) is 0. The van der Waals surface area contributed by atoms with E-state index in [2.05, 4.69) is 81.4 Å². The van der Waals surface area contributed by atoms with Crippen molar-refractivity contribution in [2.75, 3.05) is 6.61 Å². The van der Waals surface area contributed by atoms with Crippen molar-refractivity contribution in [2.45, 2.75) is 45.1 Å². The fourth-order valence-corrected chi connectivity index (χ4v) is 8.45. The predicted octanol–water partition coefficient (Wildman–Crippen LogP) is 5.18.